The number of ether oxygens (including phenoxy) is 1. The van der Waals surface area contributed by atoms with Gasteiger partial charge in [0.1, 0.15) is 6.07 Å². The van der Waals surface area contributed by atoms with E-state index in [1.165, 1.54) is 48.9 Å². The molecule has 1 saturated carbocycles. The number of nitriles is 1. The van der Waals surface area contributed by atoms with Crippen molar-refractivity contribution in [2.75, 3.05) is 6.61 Å². The van der Waals surface area contributed by atoms with Gasteiger partial charge in [0.2, 0.25) is 5.82 Å². The summed E-state index contributed by atoms with van der Waals surface area (Å²) in [6.07, 6.45) is 10.5. The minimum Gasteiger partial charge on any atom is -0.490 e. The first-order chi connectivity index (χ1) is 14.6. The molecule has 0 aliphatic heterocycles. The zero-order chi connectivity index (χ0) is 21.3. The molecule has 1 aliphatic rings. The number of hydrogen-bond acceptors (Lipinski definition) is 2. The van der Waals surface area contributed by atoms with Gasteiger partial charge in [0.05, 0.1) is 12.2 Å². The largest absolute Gasteiger partial charge is 0.490 e. The Labute approximate surface area is 178 Å². The maximum atomic E-state index is 14.0. The molecule has 2 nitrogen and oxygen atoms in total. The molecule has 0 radical (unpaired) electrons. The van der Waals surface area contributed by atoms with Crippen LogP contribution in [-0.2, 0) is 6.42 Å². The van der Waals surface area contributed by atoms with Crippen molar-refractivity contribution >= 4 is 0 Å². The maximum absolute atomic E-state index is 14.0. The summed E-state index contributed by atoms with van der Waals surface area (Å²) in [5, 5.41) is 8.76. The average Bonchev–Trinajstić information content (AvgIpc) is 2.79. The molecule has 0 spiro atoms. The lowest BCUT2D eigenvalue weighted by atomic mass is 9.79. The zero-order valence-corrected chi connectivity index (χ0v) is 17.8. The molecule has 2 aromatic rings. The normalized spacial score (nSPS) is 18.7. The van der Waals surface area contributed by atoms with Crippen LogP contribution in [0.1, 0.15) is 80.9 Å². The van der Waals surface area contributed by atoms with Crippen LogP contribution < -0.4 is 4.74 Å². The molecule has 30 heavy (non-hydrogen) atoms. The van der Waals surface area contributed by atoms with E-state index in [4.69, 9.17) is 10.00 Å². The molecule has 160 valence electrons. The summed E-state index contributed by atoms with van der Waals surface area (Å²) in [4.78, 5) is 0. The predicted molar refractivity (Wildman–Crippen MR) is 116 cm³/mol. The molecule has 3 rings (SSSR count). The molecule has 1 fully saturated rings. The first kappa shape index (κ1) is 22.3. The van der Waals surface area contributed by atoms with Gasteiger partial charge < -0.3 is 4.74 Å². The van der Waals surface area contributed by atoms with Gasteiger partial charge >= 0.3 is 0 Å². The number of rotatable bonds is 9. The number of aryl methyl sites for hydroxylation is 1. The monoisotopic (exact) mass is 411 g/mol. The second-order valence-electron chi connectivity index (χ2n) is 8.43. The summed E-state index contributed by atoms with van der Waals surface area (Å²) in [7, 11) is 0. The van der Waals surface area contributed by atoms with Crippen LogP contribution in [-0.4, -0.2) is 6.61 Å². The lowest BCUT2D eigenvalue weighted by molar-refractivity contribution is 0.192. The van der Waals surface area contributed by atoms with Gasteiger partial charge in [0.25, 0.3) is 0 Å². The highest BCUT2D eigenvalue weighted by Crippen LogP contribution is 2.36. The summed E-state index contributed by atoms with van der Waals surface area (Å²) in [5.41, 5.74) is 2.54. The molecule has 0 atom stereocenters. The second-order valence-corrected chi connectivity index (χ2v) is 8.43. The van der Waals surface area contributed by atoms with Gasteiger partial charge in [-0.25, -0.2) is 4.39 Å². The Morgan fingerprint density at radius 2 is 1.67 bits per heavy atom. The van der Waals surface area contributed by atoms with Crippen LogP contribution in [0, 0.1) is 28.9 Å². The fourth-order valence-electron chi connectivity index (χ4n) is 4.31. The third kappa shape index (κ3) is 5.81. The molecule has 0 N–H and O–H groups in total. The van der Waals surface area contributed by atoms with Gasteiger partial charge in [-0.05, 0) is 73.6 Å². The van der Waals surface area contributed by atoms with Gasteiger partial charge in [0, 0.05) is 0 Å². The summed E-state index contributed by atoms with van der Waals surface area (Å²) in [6, 6.07) is 13.4. The van der Waals surface area contributed by atoms with Gasteiger partial charge in [-0.2, -0.15) is 9.65 Å². The van der Waals surface area contributed by atoms with Crippen LogP contribution in [0.25, 0.3) is 0 Å². The van der Waals surface area contributed by atoms with Crippen molar-refractivity contribution in [3.8, 4) is 11.8 Å². The van der Waals surface area contributed by atoms with Gasteiger partial charge in [-0.15, -0.1) is 0 Å². The number of benzene rings is 2. The van der Waals surface area contributed by atoms with Crippen molar-refractivity contribution in [1.29, 1.82) is 5.26 Å². The second kappa shape index (κ2) is 11.1. The Balaban J connectivity index is 1.45. The van der Waals surface area contributed by atoms with E-state index in [0.717, 1.165) is 32.1 Å². The van der Waals surface area contributed by atoms with Crippen molar-refractivity contribution in [3.05, 3.63) is 64.7 Å². The maximum Gasteiger partial charge on any atom is 0.201 e. The fraction of sp³-hybridized carbons (Fsp3) is 0.500. The minimum atomic E-state index is -1.13. The lowest BCUT2D eigenvalue weighted by Crippen LogP contribution is -2.19. The molecule has 0 amide bonds. The quantitative estimate of drug-likeness (QED) is 0.405. The van der Waals surface area contributed by atoms with E-state index in [9.17, 15) is 8.78 Å². The summed E-state index contributed by atoms with van der Waals surface area (Å²) in [6.45, 7) is 2.62. The van der Waals surface area contributed by atoms with Crippen molar-refractivity contribution in [3.63, 3.8) is 0 Å². The third-order valence-electron chi connectivity index (χ3n) is 6.26. The zero-order valence-electron chi connectivity index (χ0n) is 17.8. The first-order valence-corrected chi connectivity index (χ1v) is 11.2. The summed E-state index contributed by atoms with van der Waals surface area (Å²) in [5.74, 6) is -1.40. The highest BCUT2D eigenvalue weighted by Gasteiger charge is 2.23. The molecule has 1 aliphatic carbocycles. The molecule has 2 aromatic carbocycles. The van der Waals surface area contributed by atoms with E-state index in [1.807, 2.05) is 0 Å². The topological polar surface area (TPSA) is 33.0 Å². The Morgan fingerprint density at radius 3 is 2.33 bits per heavy atom. The van der Waals surface area contributed by atoms with Crippen LogP contribution in [0.15, 0.2) is 36.4 Å². The van der Waals surface area contributed by atoms with Crippen molar-refractivity contribution < 1.29 is 13.5 Å². The Bertz CT molecular complexity index is 849. The molecule has 0 heterocycles. The SMILES string of the molecule is CCCCCCc1ccc(C2CCC(COc3ccc(C#N)c(F)c3F)CC2)cc1. The van der Waals surface area contributed by atoms with Crippen molar-refractivity contribution in [2.24, 2.45) is 5.92 Å². The lowest BCUT2D eigenvalue weighted by Gasteiger charge is -2.29. The molecule has 0 bridgehead atoms. The van der Waals surface area contributed by atoms with E-state index >= 15 is 0 Å². The Kier molecular flexibility index (Phi) is 8.25. The van der Waals surface area contributed by atoms with E-state index in [2.05, 4.69) is 31.2 Å². The smallest absolute Gasteiger partial charge is 0.201 e. The molecular weight excluding hydrogens is 380 g/mol. The van der Waals surface area contributed by atoms with Crippen molar-refractivity contribution in [2.45, 2.75) is 70.6 Å². The van der Waals surface area contributed by atoms with E-state index < -0.39 is 11.6 Å². The highest BCUT2D eigenvalue weighted by atomic mass is 19.2. The van der Waals surface area contributed by atoms with Gasteiger partial charge in [-0.1, -0.05) is 50.5 Å². The molecule has 0 aromatic heterocycles. The molecular formula is C26H31F2NO. The number of halogens is 2. The molecule has 4 heteroatoms. The summed E-state index contributed by atoms with van der Waals surface area (Å²) >= 11 is 0. The van der Waals surface area contributed by atoms with Gasteiger partial charge in [-0.3, -0.25) is 0 Å². The average molecular weight is 412 g/mol. The van der Waals surface area contributed by atoms with Crippen LogP contribution >= 0.6 is 0 Å². The standard InChI is InChI=1S/C26H31F2NO/c1-2-3-4-5-6-19-7-11-21(12-8-19)22-13-9-20(10-14-22)18-30-24-16-15-23(17-29)25(27)26(24)28/h7-8,11-12,15-16,20,22H,2-6,9-10,13-14,18H2,1H3. The van der Waals surface area contributed by atoms with Crippen molar-refractivity contribution in [1.82, 2.24) is 0 Å². The van der Waals surface area contributed by atoms with Crippen LogP contribution in [0.3, 0.4) is 0 Å². The van der Waals surface area contributed by atoms with E-state index in [0.29, 0.717) is 18.4 Å². The van der Waals surface area contributed by atoms with Crippen LogP contribution in [0.2, 0.25) is 0 Å². The number of hydrogen-bond donors (Lipinski definition) is 0. The Morgan fingerprint density at radius 1 is 0.933 bits per heavy atom. The summed E-state index contributed by atoms with van der Waals surface area (Å²) < 4.78 is 33.2. The first-order valence-electron chi connectivity index (χ1n) is 11.2. The highest BCUT2D eigenvalue weighted by molar-refractivity contribution is 5.37. The van der Waals surface area contributed by atoms with E-state index in [1.54, 1.807) is 6.07 Å². The Hall–Kier alpha value is -2.41. The van der Waals surface area contributed by atoms with Crippen LogP contribution in [0.4, 0.5) is 8.78 Å². The fourth-order valence-corrected chi connectivity index (χ4v) is 4.31. The van der Waals surface area contributed by atoms with Crippen LogP contribution in [0.5, 0.6) is 5.75 Å². The molecule has 0 saturated heterocycles. The number of unbranched alkanes of at least 4 members (excludes halogenated alkanes) is 3. The molecule has 0 unspecified atom stereocenters. The predicted octanol–water partition coefficient (Wildman–Crippen LogP) is 7.31. The minimum absolute atomic E-state index is 0.108. The third-order valence-corrected chi connectivity index (χ3v) is 6.26. The number of nitrogens with zero attached hydrogens (tertiary/aromatic N) is 1. The van der Waals surface area contributed by atoms with E-state index in [-0.39, 0.29) is 11.3 Å². The van der Waals surface area contributed by atoms with Gasteiger partial charge in [0.15, 0.2) is 11.6 Å².